The van der Waals surface area contributed by atoms with Crippen molar-refractivity contribution in [2.24, 2.45) is 0 Å². The van der Waals surface area contributed by atoms with Crippen molar-refractivity contribution in [1.29, 1.82) is 0 Å². The molecule has 7 heteroatoms. The van der Waals surface area contributed by atoms with E-state index in [-0.39, 0.29) is 18.1 Å². The lowest BCUT2D eigenvalue weighted by Gasteiger charge is -2.05. The molecule has 2 heterocycles. The SMILES string of the molecule is Nc1nonc1-c1nc2ccccc2n1CC(=O)C=Cc1ccccc1. The monoisotopic (exact) mass is 345 g/mol. The van der Waals surface area contributed by atoms with Crippen LogP contribution < -0.4 is 5.73 Å². The highest BCUT2D eigenvalue weighted by Gasteiger charge is 2.19. The van der Waals surface area contributed by atoms with Crippen molar-refractivity contribution in [3.05, 3.63) is 66.2 Å². The van der Waals surface area contributed by atoms with Crippen LogP contribution in [0.25, 0.3) is 28.6 Å². The quantitative estimate of drug-likeness (QED) is 0.558. The average Bonchev–Trinajstić information content (AvgIpc) is 3.24. The Morgan fingerprint density at radius 3 is 2.62 bits per heavy atom. The number of allylic oxidation sites excluding steroid dienone is 1. The molecule has 4 rings (SSSR count). The van der Waals surface area contributed by atoms with Gasteiger partial charge in [-0.25, -0.2) is 9.61 Å². The van der Waals surface area contributed by atoms with Crippen LogP contribution in [0.4, 0.5) is 5.82 Å². The summed E-state index contributed by atoms with van der Waals surface area (Å²) in [5.74, 6) is 0.508. The largest absolute Gasteiger partial charge is 0.379 e. The lowest BCUT2D eigenvalue weighted by atomic mass is 10.2. The molecule has 0 atom stereocenters. The Kier molecular flexibility index (Phi) is 4.03. The van der Waals surface area contributed by atoms with Crippen LogP contribution in [-0.2, 0) is 11.3 Å². The third-order valence-electron chi connectivity index (χ3n) is 3.96. The second-order valence-corrected chi connectivity index (χ2v) is 5.72. The van der Waals surface area contributed by atoms with Gasteiger partial charge in [-0.05, 0) is 34.1 Å². The Morgan fingerprint density at radius 2 is 1.85 bits per heavy atom. The molecule has 0 aliphatic rings. The van der Waals surface area contributed by atoms with E-state index in [9.17, 15) is 4.79 Å². The molecule has 7 nitrogen and oxygen atoms in total. The number of nitrogens with two attached hydrogens (primary N) is 1. The lowest BCUT2D eigenvalue weighted by Crippen LogP contribution is -2.09. The first kappa shape index (κ1) is 15.8. The summed E-state index contributed by atoms with van der Waals surface area (Å²) in [6.45, 7) is 0.103. The molecule has 128 valence electrons. The van der Waals surface area contributed by atoms with Crippen LogP contribution in [0.5, 0.6) is 0 Å². The summed E-state index contributed by atoms with van der Waals surface area (Å²) >= 11 is 0. The zero-order valence-corrected chi connectivity index (χ0v) is 13.7. The van der Waals surface area contributed by atoms with E-state index < -0.39 is 0 Å². The fraction of sp³-hybridized carbons (Fsp3) is 0.0526. The molecule has 2 aromatic heterocycles. The highest BCUT2D eigenvalue weighted by Crippen LogP contribution is 2.26. The number of imidazole rings is 1. The fourth-order valence-electron chi connectivity index (χ4n) is 2.73. The topological polar surface area (TPSA) is 99.8 Å². The minimum atomic E-state index is -0.0757. The van der Waals surface area contributed by atoms with Crippen molar-refractivity contribution in [3.8, 4) is 11.5 Å². The molecule has 4 aromatic rings. The van der Waals surface area contributed by atoms with Gasteiger partial charge in [-0.2, -0.15) is 0 Å². The van der Waals surface area contributed by atoms with E-state index in [2.05, 4.69) is 19.9 Å². The van der Waals surface area contributed by atoms with Crippen LogP contribution in [0.1, 0.15) is 5.56 Å². The van der Waals surface area contributed by atoms with Crippen LogP contribution in [0.2, 0.25) is 0 Å². The number of benzene rings is 2. The van der Waals surface area contributed by atoms with E-state index in [1.54, 1.807) is 16.7 Å². The van der Waals surface area contributed by atoms with Gasteiger partial charge in [-0.1, -0.05) is 48.5 Å². The first-order chi connectivity index (χ1) is 12.7. The molecule has 26 heavy (non-hydrogen) atoms. The van der Waals surface area contributed by atoms with Crippen molar-refractivity contribution in [2.45, 2.75) is 6.54 Å². The Hall–Kier alpha value is -3.74. The molecule has 0 unspecified atom stereocenters. The van der Waals surface area contributed by atoms with Crippen molar-refractivity contribution >= 4 is 28.7 Å². The van der Waals surface area contributed by atoms with E-state index in [1.165, 1.54) is 0 Å². The normalized spacial score (nSPS) is 11.4. The van der Waals surface area contributed by atoms with Gasteiger partial charge in [0.05, 0.1) is 17.6 Å². The summed E-state index contributed by atoms with van der Waals surface area (Å²) in [6, 6.07) is 17.2. The van der Waals surface area contributed by atoms with Gasteiger partial charge in [-0.3, -0.25) is 4.79 Å². The van der Waals surface area contributed by atoms with Crippen LogP contribution >= 0.6 is 0 Å². The maximum absolute atomic E-state index is 12.5. The van der Waals surface area contributed by atoms with E-state index in [0.717, 1.165) is 16.6 Å². The molecule has 0 spiro atoms. The summed E-state index contributed by atoms with van der Waals surface area (Å²) in [6.07, 6.45) is 3.34. The number of aromatic nitrogens is 4. The third kappa shape index (κ3) is 2.98. The molecule has 2 N–H and O–H groups in total. The van der Waals surface area contributed by atoms with Crippen LogP contribution in [0.15, 0.2) is 65.3 Å². The molecule has 0 radical (unpaired) electrons. The minimum Gasteiger partial charge on any atom is -0.379 e. The van der Waals surface area contributed by atoms with Crippen molar-refractivity contribution < 1.29 is 9.42 Å². The maximum atomic E-state index is 12.5. The van der Waals surface area contributed by atoms with Gasteiger partial charge < -0.3 is 10.3 Å². The van der Waals surface area contributed by atoms with Crippen molar-refractivity contribution in [2.75, 3.05) is 5.73 Å². The van der Waals surface area contributed by atoms with E-state index in [4.69, 9.17) is 5.73 Å². The molecule has 0 fully saturated rings. The zero-order valence-electron chi connectivity index (χ0n) is 13.7. The van der Waals surface area contributed by atoms with Gasteiger partial charge in [0.25, 0.3) is 0 Å². The number of rotatable bonds is 5. The Balaban J connectivity index is 1.70. The van der Waals surface area contributed by atoms with E-state index in [1.807, 2.05) is 54.6 Å². The van der Waals surface area contributed by atoms with Crippen LogP contribution in [-0.4, -0.2) is 25.6 Å². The number of anilines is 1. The first-order valence-electron chi connectivity index (χ1n) is 8.02. The first-order valence-corrected chi connectivity index (χ1v) is 8.02. The van der Waals surface area contributed by atoms with Gasteiger partial charge in [0, 0.05) is 0 Å². The van der Waals surface area contributed by atoms with E-state index in [0.29, 0.717) is 11.5 Å². The highest BCUT2D eigenvalue weighted by atomic mass is 16.6. The van der Waals surface area contributed by atoms with Gasteiger partial charge in [-0.15, -0.1) is 0 Å². The Morgan fingerprint density at radius 1 is 1.08 bits per heavy atom. The molecule has 0 aliphatic heterocycles. The Bertz CT molecular complexity index is 1100. The molecule has 0 aliphatic carbocycles. The smallest absolute Gasteiger partial charge is 0.199 e. The highest BCUT2D eigenvalue weighted by molar-refractivity contribution is 5.95. The molecular formula is C19H15N5O2. The summed E-state index contributed by atoms with van der Waals surface area (Å²) < 4.78 is 6.45. The number of hydrogen-bond donors (Lipinski definition) is 1. The predicted molar refractivity (Wildman–Crippen MR) is 97.9 cm³/mol. The minimum absolute atomic E-state index is 0.0757. The summed E-state index contributed by atoms with van der Waals surface area (Å²) in [5, 5.41) is 7.42. The fourth-order valence-corrected chi connectivity index (χ4v) is 2.73. The zero-order chi connectivity index (χ0) is 17.9. The van der Waals surface area contributed by atoms with Gasteiger partial charge in [0.2, 0.25) is 0 Å². The number of ketones is 1. The van der Waals surface area contributed by atoms with E-state index >= 15 is 0 Å². The van der Waals surface area contributed by atoms with Crippen molar-refractivity contribution in [3.63, 3.8) is 0 Å². The summed E-state index contributed by atoms with van der Waals surface area (Å²) in [7, 11) is 0. The summed E-state index contributed by atoms with van der Waals surface area (Å²) in [4.78, 5) is 17.0. The predicted octanol–water partition coefficient (Wildman–Crippen LogP) is 2.95. The number of hydrogen-bond acceptors (Lipinski definition) is 6. The number of nitrogen functional groups attached to an aromatic ring is 1. The van der Waals surface area contributed by atoms with Gasteiger partial charge >= 0.3 is 0 Å². The van der Waals surface area contributed by atoms with Crippen LogP contribution in [0, 0.1) is 0 Å². The van der Waals surface area contributed by atoms with Crippen molar-refractivity contribution in [1.82, 2.24) is 19.9 Å². The molecule has 0 saturated carbocycles. The number of carbonyl (C=O) groups is 1. The van der Waals surface area contributed by atoms with Crippen LogP contribution in [0.3, 0.4) is 0 Å². The second kappa shape index (κ2) is 6.64. The number of fused-ring (bicyclic) bond motifs is 1. The number of nitrogens with zero attached hydrogens (tertiary/aromatic N) is 4. The summed E-state index contributed by atoms with van der Waals surface area (Å²) in [5.41, 5.74) is 8.64. The Labute approximate surface area is 148 Å². The maximum Gasteiger partial charge on any atom is 0.199 e. The average molecular weight is 345 g/mol. The number of para-hydroxylation sites is 2. The molecule has 2 aromatic carbocycles. The number of carbonyl (C=O) groups excluding carboxylic acids is 1. The lowest BCUT2D eigenvalue weighted by molar-refractivity contribution is -0.115. The molecular weight excluding hydrogens is 330 g/mol. The molecule has 0 saturated heterocycles. The second-order valence-electron chi connectivity index (χ2n) is 5.72. The standard InChI is InChI=1S/C19H15N5O2/c20-18-17(22-26-23-18)19-21-15-8-4-5-9-16(15)24(19)12-14(25)11-10-13-6-2-1-3-7-13/h1-11H,12H2,(H2,20,23). The molecule has 0 bridgehead atoms. The third-order valence-corrected chi connectivity index (χ3v) is 3.96. The molecule has 0 amide bonds. The van der Waals surface area contributed by atoms with Gasteiger partial charge in [0.15, 0.2) is 23.1 Å². The van der Waals surface area contributed by atoms with Gasteiger partial charge in [0.1, 0.15) is 0 Å².